The summed E-state index contributed by atoms with van der Waals surface area (Å²) in [5.41, 5.74) is 0.762. The third-order valence-corrected chi connectivity index (χ3v) is 5.69. The van der Waals surface area contributed by atoms with Gasteiger partial charge in [-0.2, -0.15) is 8.42 Å². The van der Waals surface area contributed by atoms with Crippen molar-refractivity contribution in [3.8, 4) is 28.3 Å². The van der Waals surface area contributed by atoms with Gasteiger partial charge in [0, 0.05) is 16.1 Å². The largest absolute Gasteiger partial charge is 0.314 e. The molecular formula is C21H13Cl2FN2O3S. The van der Waals surface area contributed by atoms with Crippen LogP contribution in [0.5, 0.6) is 0 Å². The van der Waals surface area contributed by atoms with Crippen LogP contribution < -0.4 is 0 Å². The molecule has 5 nitrogen and oxygen atoms in total. The Labute approximate surface area is 182 Å². The molecule has 0 atom stereocenters. The first-order valence-electron chi connectivity index (χ1n) is 8.63. The molecule has 0 bridgehead atoms. The van der Waals surface area contributed by atoms with Crippen LogP contribution in [0, 0.1) is 5.82 Å². The Morgan fingerprint density at radius 1 is 0.900 bits per heavy atom. The SMILES string of the molecule is O=S(=O)(O)c1nc(-c2ccccc2)n(-c2cccc(Cl)c2F)c1-c1cccc(Cl)c1. The van der Waals surface area contributed by atoms with Gasteiger partial charge in [0.15, 0.2) is 5.82 Å². The third-order valence-electron chi connectivity index (χ3n) is 4.39. The first-order chi connectivity index (χ1) is 14.3. The summed E-state index contributed by atoms with van der Waals surface area (Å²) in [6.45, 7) is 0. The number of hydrogen-bond acceptors (Lipinski definition) is 3. The van der Waals surface area contributed by atoms with Crippen LogP contribution >= 0.6 is 23.2 Å². The highest BCUT2D eigenvalue weighted by Gasteiger charge is 2.29. The Bertz CT molecular complexity index is 1360. The summed E-state index contributed by atoms with van der Waals surface area (Å²) in [5.74, 6) is -0.654. The molecule has 0 aliphatic rings. The second kappa shape index (κ2) is 7.85. The molecule has 0 amide bonds. The fourth-order valence-corrected chi connectivity index (χ4v) is 4.16. The molecule has 1 N–H and O–H groups in total. The van der Waals surface area contributed by atoms with Gasteiger partial charge in [-0.05, 0) is 24.3 Å². The van der Waals surface area contributed by atoms with Gasteiger partial charge in [0.2, 0.25) is 5.03 Å². The maximum atomic E-state index is 15.0. The molecule has 4 rings (SSSR count). The molecule has 0 saturated heterocycles. The molecule has 30 heavy (non-hydrogen) atoms. The Balaban J connectivity index is 2.20. The number of rotatable bonds is 4. The van der Waals surface area contributed by atoms with Crippen molar-refractivity contribution < 1.29 is 17.4 Å². The van der Waals surface area contributed by atoms with E-state index in [4.69, 9.17) is 23.2 Å². The summed E-state index contributed by atoms with van der Waals surface area (Å²) in [7, 11) is -4.77. The first kappa shape index (κ1) is 20.6. The Kier molecular flexibility index (Phi) is 5.38. The second-order valence-electron chi connectivity index (χ2n) is 6.35. The highest BCUT2D eigenvalue weighted by Crippen LogP contribution is 2.37. The lowest BCUT2D eigenvalue weighted by Gasteiger charge is -2.14. The molecule has 0 fully saturated rings. The Morgan fingerprint density at radius 3 is 2.23 bits per heavy atom. The van der Waals surface area contributed by atoms with Crippen LogP contribution in [0.2, 0.25) is 10.0 Å². The summed E-state index contributed by atoms with van der Waals surface area (Å²) >= 11 is 12.1. The monoisotopic (exact) mass is 462 g/mol. The van der Waals surface area contributed by atoms with Crippen molar-refractivity contribution in [2.24, 2.45) is 0 Å². The number of imidazole rings is 1. The molecule has 0 aliphatic heterocycles. The van der Waals surface area contributed by atoms with Crippen LogP contribution in [0.1, 0.15) is 0 Å². The third kappa shape index (κ3) is 3.73. The molecule has 3 aromatic carbocycles. The van der Waals surface area contributed by atoms with E-state index in [0.717, 1.165) is 0 Å². The highest BCUT2D eigenvalue weighted by atomic mass is 35.5. The van der Waals surface area contributed by atoms with Crippen LogP contribution in [0.15, 0.2) is 77.8 Å². The molecule has 9 heteroatoms. The van der Waals surface area contributed by atoms with Gasteiger partial charge in [-0.25, -0.2) is 9.37 Å². The van der Waals surface area contributed by atoms with Crippen molar-refractivity contribution in [1.82, 2.24) is 9.55 Å². The van der Waals surface area contributed by atoms with E-state index in [1.54, 1.807) is 48.5 Å². The standard InChI is InChI=1S/C21H13Cl2FN2O3S/c22-15-9-4-8-14(12-15)19-21(30(27,28)29)25-20(13-6-2-1-3-7-13)26(19)17-11-5-10-16(23)18(17)24/h1-12H,(H,27,28,29). The lowest BCUT2D eigenvalue weighted by Crippen LogP contribution is -2.05. The molecule has 0 spiro atoms. The lowest BCUT2D eigenvalue weighted by molar-refractivity contribution is 0.480. The second-order valence-corrected chi connectivity index (χ2v) is 8.53. The van der Waals surface area contributed by atoms with Crippen molar-refractivity contribution in [2.75, 3.05) is 0 Å². The smallest absolute Gasteiger partial charge is 0.288 e. The molecule has 1 heterocycles. The van der Waals surface area contributed by atoms with Crippen LogP contribution in [0.25, 0.3) is 28.3 Å². The fourth-order valence-electron chi connectivity index (χ4n) is 3.15. The molecular weight excluding hydrogens is 450 g/mol. The molecule has 0 aliphatic carbocycles. The summed E-state index contributed by atoms with van der Waals surface area (Å²) < 4.78 is 50.7. The predicted octanol–water partition coefficient (Wildman–Crippen LogP) is 5.90. The summed E-state index contributed by atoms with van der Waals surface area (Å²) in [5, 5.41) is -0.442. The number of halogens is 3. The van der Waals surface area contributed by atoms with Gasteiger partial charge in [0.05, 0.1) is 16.4 Å². The Hall–Kier alpha value is -2.71. The van der Waals surface area contributed by atoms with E-state index in [-0.39, 0.29) is 22.2 Å². The maximum Gasteiger partial charge on any atom is 0.314 e. The van der Waals surface area contributed by atoms with Gasteiger partial charge in [-0.15, -0.1) is 0 Å². The number of benzene rings is 3. The molecule has 4 aromatic rings. The van der Waals surface area contributed by atoms with Gasteiger partial charge in [-0.1, -0.05) is 71.7 Å². The molecule has 1 aromatic heterocycles. The van der Waals surface area contributed by atoms with E-state index in [1.165, 1.54) is 28.8 Å². The van der Waals surface area contributed by atoms with Crippen molar-refractivity contribution in [2.45, 2.75) is 5.03 Å². The molecule has 0 unspecified atom stereocenters. The minimum Gasteiger partial charge on any atom is -0.288 e. The Morgan fingerprint density at radius 2 is 1.57 bits per heavy atom. The molecule has 0 radical (unpaired) electrons. The van der Waals surface area contributed by atoms with Crippen LogP contribution in [0.4, 0.5) is 4.39 Å². The van der Waals surface area contributed by atoms with E-state index in [0.29, 0.717) is 16.1 Å². The highest BCUT2D eigenvalue weighted by molar-refractivity contribution is 7.85. The lowest BCUT2D eigenvalue weighted by atomic mass is 10.1. The van der Waals surface area contributed by atoms with Crippen molar-refractivity contribution in [3.63, 3.8) is 0 Å². The van der Waals surface area contributed by atoms with Gasteiger partial charge in [-0.3, -0.25) is 9.12 Å². The molecule has 152 valence electrons. The molecule has 0 saturated carbocycles. The summed E-state index contributed by atoms with van der Waals surface area (Å²) in [6.07, 6.45) is 0. The van der Waals surface area contributed by atoms with Crippen LogP contribution in [0.3, 0.4) is 0 Å². The quantitative estimate of drug-likeness (QED) is 0.383. The van der Waals surface area contributed by atoms with Gasteiger partial charge in [0.1, 0.15) is 5.82 Å². The van der Waals surface area contributed by atoms with E-state index >= 15 is 4.39 Å². The van der Waals surface area contributed by atoms with E-state index in [1.807, 2.05) is 0 Å². The maximum absolute atomic E-state index is 15.0. The number of aromatic nitrogens is 2. The first-order valence-corrected chi connectivity index (χ1v) is 10.8. The summed E-state index contributed by atoms with van der Waals surface area (Å²) in [4.78, 5) is 4.18. The van der Waals surface area contributed by atoms with Crippen molar-refractivity contribution in [1.29, 1.82) is 0 Å². The zero-order chi connectivity index (χ0) is 21.5. The van der Waals surface area contributed by atoms with Gasteiger partial charge < -0.3 is 0 Å². The predicted molar refractivity (Wildman–Crippen MR) is 114 cm³/mol. The van der Waals surface area contributed by atoms with Gasteiger partial charge >= 0.3 is 10.1 Å². The number of nitrogens with zero attached hydrogens (tertiary/aromatic N) is 2. The normalized spacial score (nSPS) is 11.6. The van der Waals surface area contributed by atoms with Crippen LogP contribution in [-0.4, -0.2) is 22.5 Å². The van der Waals surface area contributed by atoms with Gasteiger partial charge in [0.25, 0.3) is 0 Å². The van der Waals surface area contributed by atoms with E-state index < -0.39 is 21.0 Å². The average Bonchev–Trinajstić information content (AvgIpc) is 3.12. The van der Waals surface area contributed by atoms with Crippen molar-refractivity contribution >= 4 is 33.3 Å². The average molecular weight is 463 g/mol. The van der Waals surface area contributed by atoms with E-state index in [9.17, 15) is 13.0 Å². The van der Waals surface area contributed by atoms with E-state index in [2.05, 4.69) is 4.98 Å². The minimum absolute atomic E-state index is 0.0290. The van der Waals surface area contributed by atoms with Crippen molar-refractivity contribution in [3.05, 3.63) is 88.7 Å². The zero-order valence-electron chi connectivity index (χ0n) is 15.1. The fraction of sp³-hybridized carbons (Fsp3) is 0. The summed E-state index contributed by atoms with van der Waals surface area (Å²) in [6, 6.07) is 19.3. The van der Waals surface area contributed by atoms with Crippen LogP contribution in [-0.2, 0) is 10.1 Å². The number of hydrogen-bond donors (Lipinski definition) is 1. The topological polar surface area (TPSA) is 72.2 Å². The zero-order valence-corrected chi connectivity index (χ0v) is 17.5. The minimum atomic E-state index is -4.77.